The van der Waals surface area contributed by atoms with Gasteiger partial charge in [0.25, 0.3) is 5.91 Å². The van der Waals surface area contributed by atoms with Crippen LogP contribution in [0.1, 0.15) is 47.7 Å². The Morgan fingerprint density at radius 1 is 1.14 bits per heavy atom. The van der Waals surface area contributed by atoms with E-state index in [4.69, 9.17) is 4.74 Å². The van der Waals surface area contributed by atoms with Crippen LogP contribution in [0.2, 0.25) is 0 Å². The standard InChI is InChI=1S/C24H29N3O2/c1-18-9-12-26(13-10-18)23(28)20-6-7-22(25-16-20)27-14-15-29-24(17-27)11-8-19-4-2-3-5-21(19)24/h2-7,16,18H,8-15,17H2,1H3. The van der Waals surface area contributed by atoms with Gasteiger partial charge >= 0.3 is 0 Å². The SMILES string of the molecule is CC1CCN(C(=O)c2ccc(N3CCOC4(CCc5ccccc54)C3)nc2)CC1. The maximum Gasteiger partial charge on any atom is 0.255 e. The van der Waals surface area contributed by atoms with Gasteiger partial charge in [0, 0.05) is 25.8 Å². The molecule has 1 aromatic carbocycles. The molecule has 3 heterocycles. The number of carbonyl (C=O) groups is 1. The molecule has 1 unspecified atom stereocenters. The highest BCUT2D eigenvalue weighted by molar-refractivity contribution is 5.94. The summed E-state index contributed by atoms with van der Waals surface area (Å²) in [7, 11) is 0. The van der Waals surface area contributed by atoms with Crippen LogP contribution in [0.25, 0.3) is 0 Å². The molecule has 0 N–H and O–H groups in total. The van der Waals surface area contributed by atoms with Gasteiger partial charge in [-0.3, -0.25) is 4.79 Å². The lowest BCUT2D eigenvalue weighted by Crippen LogP contribution is -2.49. The number of rotatable bonds is 2. The minimum absolute atomic E-state index is 0.110. The normalized spacial score (nSPS) is 24.7. The second-order valence-corrected chi connectivity index (χ2v) is 8.80. The van der Waals surface area contributed by atoms with E-state index in [0.717, 1.165) is 57.7 Å². The van der Waals surface area contributed by atoms with E-state index >= 15 is 0 Å². The molecule has 0 radical (unpaired) electrons. The van der Waals surface area contributed by atoms with E-state index < -0.39 is 0 Å². The Hall–Kier alpha value is -2.40. The topological polar surface area (TPSA) is 45.7 Å². The first-order chi connectivity index (χ1) is 14.1. The number of nitrogens with zero attached hydrogens (tertiary/aromatic N) is 3. The molecule has 2 aliphatic heterocycles. The fourth-order valence-electron chi connectivity index (χ4n) is 5.04. The van der Waals surface area contributed by atoms with Crippen molar-refractivity contribution in [3.8, 4) is 0 Å². The van der Waals surface area contributed by atoms with Gasteiger partial charge in [-0.25, -0.2) is 4.98 Å². The fraction of sp³-hybridized carbons (Fsp3) is 0.500. The molecule has 5 rings (SSSR count). The van der Waals surface area contributed by atoms with Crippen molar-refractivity contribution >= 4 is 11.7 Å². The second kappa shape index (κ2) is 7.45. The van der Waals surface area contributed by atoms with Crippen LogP contribution in [0, 0.1) is 5.92 Å². The predicted octanol–water partition coefficient (Wildman–Crippen LogP) is 3.63. The molecule has 2 fully saturated rings. The van der Waals surface area contributed by atoms with E-state index in [-0.39, 0.29) is 11.5 Å². The smallest absolute Gasteiger partial charge is 0.255 e. The maximum atomic E-state index is 12.8. The zero-order valence-electron chi connectivity index (χ0n) is 17.1. The molecule has 152 valence electrons. The Labute approximate surface area is 172 Å². The summed E-state index contributed by atoms with van der Waals surface area (Å²) in [4.78, 5) is 21.7. The average Bonchev–Trinajstić information content (AvgIpc) is 3.12. The predicted molar refractivity (Wildman–Crippen MR) is 113 cm³/mol. The van der Waals surface area contributed by atoms with Crippen LogP contribution in [0.15, 0.2) is 42.6 Å². The minimum atomic E-state index is -0.227. The molecule has 1 aromatic heterocycles. The van der Waals surface area contributed by atoms with Crippen LogP contribution in [0.3, 0.4) is 0 Å². The number of aromatic nitrogens is 1. The fourth-order valence-corrected chi connectivity index (χ4v) is 5.04. The third kappa shape index (κ3) is 3.42. The van der Waals surface area contributed by atoms with Gasteiger partial charge in [0.2, 0.25) is 0 Å². The lowest BCUT2D eigenvalue weighted by atomic mass is 9.93. The summed E-state index contributed by atoms with van der Waals surface area (Å²) < 4.78 is 6.32. The van der Waals surface area contributed by atoms with E-state index in [1.807, 2.05) is 17.0 Å². The van der Waals surface area contributed by atoms with Crippen molar-refractivity contribution < 1.29 is 9.53 Å². The Kier molecular flexibility index (Phi) is 4.78. The molecular weight excluding hydrogens is 362 g/mol. The summed E-state index contributed by atoms with van der Waals surface area (Å²) in [5.74, 6) is 1.76. The summed E-state index contributed by atoms with van der Waals surface area (Å²) in [6.07, 6.45) is 6.02. The number of hydrogen-bond donors (Lipinski definition) is 0. The lowest BCUT2D eigenvalue weighted by Gasteiger charge is -2.41. The van der Waals surface area contributed by atoms with Crippen molar-refractivity contribution in [1.82, 2.24) is 9.88 Å². The van der Waals surface area contributed by atoms with Crippen LogP contribution in [-0.2, 0) is 16.8 Å². The van der Waals surface area contributed by atoms with E-state index in [2.05, 4.69) is 41.1 Å². The van der Waals surface area contributed by atoms with Crippen molar-refractivity contribution in [2.75, 3.05) is 37.7 Å². The van der Waals surface area contributed by atoms with Gasteiger partial charge in [0.1, 0.15) is 11.4 Å². The molecule has 1 aliphatic carbocycles. The highest BCUT2D eigenvalue weighted by Crippen LogP contribution is 2.42. The summed E-state index contributed by atoms with van der Waals surface area (Å²) >= 11 is 0. The molecule has 5 heteroatoms. The third-order valence-electron chi connectivity index (χ3n) is 6.88. The van der Waals surface area contributed by atoms with E-state index in [0.29, 0.717) is 18.1 Å². The van der Waals surface area contributed by atoms with E-state index in [9.17, 15) is 4.79 Å². The average molecular weight is 392 g/mol. The molecule has 2 saturated heterocycles. The summed E-state index contributed by atoms with van der Waals surface area (Å²) in [6, 6.07) is 12.6. The van der Waals surface area contributed by atoms with E-state index in [1.165, 1.54) is 11.1 Å². The number of morpholine rings is 1. The van der Waals surface area contributed by atoms with Crippen molar-refractivity contribution in [2.45, 2.75) is 38.2 Å². The van der Waals surface area contributed by atoms with Crippen LogP contribution >= 0.6 is 0 Å². The lowest BCUT2D eigenvalue weighted by molar-refractivity contribution is -0.0594. The van der Waals surface area contributed by atoms with Gasteiger partial charge in [-0.2, -0.15) is 0 Å². The van der Waals surface area contributed by atoms with Crippen molar-refractivity contribution in [3.63, 3.8) is 0 Å². The molecule has 1 amide bonds. The summed E-state index contributed by atoms with van der Waals surface area (Å²) in [5.41, 5.74) is 3.20. The number of anilines is 1. The van der Waals surface area contributed by atoms with Gasteiger partial charge in [0.15, 0.2) is 0 Å². The van der Waals surface area contributed by atoms with Gasteiger partial charge in [-0.05, 0) is 54.9 Å². The van der Waals surface area contributed by atoms with Crippen LogP contribution < -0.4 is 4.90 Å². The highest BCUT2D eigenvalue weighted by Gasteiger charge is 2.43. The van der Waals surface area contributed by atoms with Crippen molar-refractivity contribution in [1.29, 1.82) is 0 Å². The third-order valence-corrected chi connectivity index (χ3v) is 6.88. The van der Waals surface area contributed by atoms with Crippen LogP contribution in [-0.4, -0.2) is 48.6 Å². The molecule has 29 heavy (non-hydrogen) atoms. The second-order valence-electron chi connectivity index (χ2n) is 8.80. The number of piperidine rings is 1. The van der Waals surface area contributed by atoms with Crippen molar-refractivity contribution in [3.05, 3.63) is 59.3 Å². The zero-order chi connectivity index (χ0) is 19.8. The Morgan fingerprint density at radius 3 is 2.76 bits per heavy atom. The number of hydrogen-bond acceptors (Lipinski definition) is 4. The van der Waals surface area contributed by atoms with Gasteiger partial charge in [-0.15, -0.1) is 0 Å². The van der Waals surface area contributed by atoms with E-state index in [1.54, 1.807) is 6.20 Å². The number of ether oxygens (including phenoxy) is 1. The molecular formula is C24H29N3O2. The number of likely N-dealkylation sites (tertiary alicyclic amines) is 1. The monoisotopic (exact) mass is 391 g/mol. The van der Waals surface area contributed by atoms with Crippen LogP contribution in [0.4, 0.5) is 5.82 Å². The van der Waals surface area contributed by atoms with Crippen LogP contribution in [0.5, 0.6) is 0 Å². The maximum absolute atomic E-state index is 12.8. The number of benzene rings is 1. The van der Waals surface area contributed by atoms with Crippen molar-refractivity contribution in [2.24, 2.45) is 5.92 Å². The number of amides is 1. The Bertz CT molecular complexity index is 885. The molecule has 5 nitrogen and oxygen atoms in total. The number of fused-ring (bicyclic) bond motifs is 2. The quantitative estimate of drug-likeness (QED) is 0.784. The molecule has 3 aliphatic rings. The first kappa shape index (κ1) is 18.6. The molecule has 0 bridgehead atoms. The number of carbonyl (C=O) groups excluding carboxylic acids is 1. The number of aryl methyl sites for hydroxylation is 1. The van der Waals surface area contributed by atoms with Gasteiger partial charge in [-0.1, -0.05) is 31.2 Å². The number of pyridine rings is 1. The summed E-state index contributed by atoms with van der Waals surface area (Å²) in [5, 5.41) is 0. The zero-order valence-corrected chi connectivity index (χ0v) is 17.1. The molecule has 1 atom stereocenters. The van der Waals surface area contributed by atoms with Gasteiger partial charge < -0.3 is 14.5 Å². The highest BCUT2D eigenvalue weighted by atomic mass is 16.5. The molecule has 1 spiro atoms. The minimum Gasteiger partial charge on any atom is -0.367 e. The largest absolute Gasteiger partial charge is 0.367 e. The Morgan fingerprint density at radius 2 is 1.97 bits per heavy atom. The first-order valence-corrected chi connectivity index (χ1v) is 10.9. The first-order valence-electron chi connectivity index (χ1n) is 10.9. The van der Waals surface area contributed by atoms with Gasteiger partial charge in [0.05, 0.1) is 18.7 Å². The Balaban J connectivity index is 1.31. The summed E-state index contributed by atoms with van der Waals surface area (Å²) in [6.45, 7) is 6.31. The molecule has 0 saturated carbocycles. The molecule has 2 aromatic rings.